The molecule has 0 saturated carbocycles. The zero-order chi connectivity index (χ0) is 20.9. The molecular formula is C20H25N5O3Si. The lowest BCUT2D eigenvalue weighted by Gasteiger charge is -2.21. The van der Waals surface area contributed by atoms with Crippen LogP contribution in [0.5, 0.6) is 0 Å². The number of para-hydroxylation sites is 1. The third-order valence-corrected chi connectivity index (χ3v) is 5.86. The van der Waals surface area contributed by atoms with Crippen molar-refractivity contribution < 1.29 is 14.6 Å². The number of hydrogen-bond acceptors (Lipinski definition) is 6. The van der Waals surface area contributed by atoms with Gasteiger partial charge in [-0.3, -0.25) is 9.88 Å². The summed E-state index contributed by atoms with van der Waals surface area (Å²) in [6.45, 7) is 8.00. The highest BCUT2D eigenvalue weighted by atomic mass is 28.3. The minimum atomic E-state index is -1.14. The molecule has 0 saturated heterocycles. The summed E-state index contributed by atoms with van der Waals surface area (Å²) < 4.78 is 7.47. The van der Waals surface area contributed by atoms with Crippen LogP contribution in [0.1, 0.15) is 10.5 Å². The highest BCUT2D eigenvalue weighted by Crippen LogP contribution is 2.31. The Morgan fingerprint density at radius 2 is 1.90 bits per heavy atom. The average molecular weight is 412 g/mol. The van der Waals surface area contributed by atoms with Gasteiger partial charge in [0.1, 0.15) is 6.73 Å². The molecule has 0 spiro atoms. The van der Waals surface area contributed by atoms with Gasteiger partial charge in [0.15, 0.2) is 17.3 Å². The lowest BCUT2D eigenvalue weighted by atomic mass is 10.3. The molecule has 9 heteroatoms. The van der Waals surface area contributed by atoms with Crippen molar-refractivity contribution in [2.75, 3.05) is 11.5 Å². The van der Waals surface area contributed by atoms with Gasteiger partial charge in [-0.25, -0.2) is 14.5 Å². The van der Waals surface area contributed by atoms with Crippen molar-refractivity contribution in [3.05, 3.63) is 60.7 Å². The van der Waals surface area contributed by atoms with E-state index in [9.17, 15) is 9.90 Å². The monoisotopic (exact) mass is 411 g/mol. The second-order valence-electron chi connectivity index (χ2n) is 7.80. The van der Waals surface area contributed by atoms with Gasteiger partial charge in [-0.2, -0.15) is 5.10 Å². The van der Waals surface area contributed by atoms with E-state index in [0.717, 1.165) is 11.7 Å². The number of ether oxygens (including phenoxy) is 1. The van der Waals surface area contributed by atoms with E-state index < -0.39 is 14.0 Å². The average Bonchev–Trinajstić information content (AvgIpc) is 3.14. The van der Waals surface area contributed by atoms with Crippen molar-refractivity contribution in [2.45, 2.75) is 32.4 Å². The van der Waals surface area contributed by atoms with E-state index in [1.807, 2.05) is 42.6 Å². The summed E-state index contributed by atoms with van der Waals surface area (Å²) in [5.74, 6) is -0.156. The number of hydrogen-bond donors (Lipinski definition) is 1. The molecule has 152 valence electrons. The predicted octanol–water partition coefficient (Wildman–Crippen LogP) is 4.15. The molecule has 29 heavy (non-hydrogen) atoms. The Balaban J connectivity index is 1.84. The fourth-order valence-corrected chi connectivity index (χ4v) is 3.36. The largest absolute Gasteiger partial charge is 0.476 e. The van der Waals surface area contributed by atoms with Crippen molar-refractivity contribution in [3.8, 4) is 0 Å². The van der Waals surface area contributed by atoms with E-state index in [1.165, 1.54) is 12.4 Å². The van der Waals surface area contributed by atoms with Crippen LogP contribution in [-0.2, 0) is 11.5 Å². The maximum Gasteiger partial charge on any atom is 0.356 e. The Kier molecular flexibility index (Phi) is 6.40. The summed E-state index contributed by atoms with van der Waals surface area (Å²) in [6.07, 6.45) is 4.57. The second-order valence-corrected chi connectivity index (χ2v) is 13.4. The minimum absolute atomic E-state index is 0.127. The van der Waals surface area contributed by atoms with Gasteiger partial charge in [0.25, 0.3) is 0 Å². The molecule has 8 nitrogen and oxygen atoms in total. The summed E-state index contributed by atoms with van der Waals surface area (Å²) in [5.41, 5.74) is 0.673. The molecule has 2 heterocycles. The number of carbonyl (C=O) groups is 1. The van der Waals surface area contributed by atoms with Gasteiger partial charge in [-0.15, -0.1) is 0 Å². The van der Waals surface area contributed by atoms with E-state index in [0.29, 0.717) is 25.0 Å². The first kappa shape index (κ1) is 20.7. The molecule has 0 atom stereocenters. The molecule has 0 aliphatic heterocycles. The molecule has 0 bridgehead atoms. The van der Waals surface area contributed by atoms with E-state index >= 15 is 0 Å². The zero-order valence-electron chi connectivity index (χ0n) is 16.8. The zero-order valence-corrected chi connectivity index (χ0v) is 17.8. The summed E-state index contributed by atoms with van der Waals surface area (Å²) in [5, 5.41) is 13.8. The van der Waals surface area contributed by atoms with E-state index in [4.69, 9.17) is 4.74 Å². The molecule has 0 aliphatic carbocycles. The minimum Gasteiger partial charge on any atom is -0.476 e. The molecule has 0 aliphatic rings. The van der Waals surface area contributed by atoms with Crippen molar-refractivity contribution >= 4 is 31.4 Å². The molecule has 3 rings (SSSR count). The number of aromatic nitrogens is 4. The van der Waals surface area contributed by atoms with Crippen molar-refractivity contribution in [1.29, 1.82) is 0 Å². The highest BCUT2D eigenvalue weighted by Gasteiger charge is 2.18. The molecule has 0 unspecified atom stereocenters. The Hall–Kier alpha value is -3.04. The second kappa shape index (κ2) is 8.97. The van der Waals surface area contributed by atoms with Crippen LogP contribution >= 0.6 is 0 Å². The van der Waals surface area contributed by atoms with Crippen molar-refractivity contribution in [1.82, 2.24) is 19.7 Å². The Morgan fingerprint density at radius 3 is 2.59 bits per heavy atom. The van der Waals surface area contributed by atoms with E-state index in [-0.39, 0.29) is 5.69 Å². The summed E-state index contributed by atoms with van der Waals surface area (Å²) in [7, 11) is -1.14. The van der Waals surface area contributed by atoms with Crippen LogP contribution in [0.25, 0.3) is 0 Å². The van der Waals surface area contributed by atoms with Crippen LogP contribution in [-0.4, -0.2) is 45.5 Å². The number of carboxylic acids is 1. The third kappa shape index (κ3) is 5.72. The van der Waals surface area contributed by atoms with Crippen LogP contribution in [0, 0.1) is 0 Å². The summed E-state index contributed by atoms with van der Waals surface area (Å²) in [6, 6.07) is 12.4. The normalized spacial score (nSPS) is 11.4. The Labute approximate surface area is 170 Å². The number of carboxylic acid groups (broad SMARTS) is 1. The van der Waals surface area contributed by atoms with Gasteiger partial charge in [0.2, 0.25) is 0 Å². The number of benzene rings is 1. The smallest absolute Gasteiger partial charge is 0.356 e. The van der Waals surface area contributed by atoms with Crippen LogP contribution in [0.2, 0.25) is 25.7 Å². The molecule has 0 radical (unpaired) electrons. The highest BCUT2D eigenvalue weighted by molar-refractivity contribution is 6.76. The lowest BCUT2D eigenvalue weighted by molar-refractivity contribution is 0.0690. The van der Waals surface area contributed by atoms with Crippen LogP contribution in [0.15, 0.2) is 55.0 Å². The number of rotatable bonds is 9. The Bertz CT molecular complexity index is 956. The SMILES string of the molecule is C[Si](C)(C)CCOCn1ccc(N(c2ccccc2)c2cncc(C(=O)O)n2)n1. The fraction of sp³-hybridized carbons (Fsp3) is 0.300. The first-order valence-electron chi connectivity index (χ1n) is 9.35. The molecule has 1 aromatic carbocycles. The number of anilines is 3. The standard InChI is InChI=1S/C20H25N5O3Si/c1-29(2,3)12-11-28-15-24-10-9-18(23-24)25(16-7-5-4-6-8-16)19-14-21-13-17(22-19)20(26)27/h4-10,13-14H,11-12,15H2,1-3H3,(H,26,27). The molecule has 2 aromatic heterocycles. The van der Waals surface area contributed by atoms with E-state index in [2.05, 4.69) is 34.7 Å². The van der Waals surface area contributed by atoms with Crippen LogP contribution in [0.4, 0.5) is 17.3 Å². The van der Waals surface area contributed by atoms with Crippen molar-refractivity contribution in [3.63, 3.8) is 0 Å². The fourth-order valence-electron chi connectivity index (χ4n) is 2.60. The maximum absolute atomic E-state index is 11.3. The van der Waals surface area contributed by atoms with Gasteiger partial charge >= 0.3 is 5.97 Å². The third-order valence-electron chi connectivity index (χ3n) is 4.16. The van der Waals surface area contributed by atoms with Crippen molar-refractivity contribution in [2.24, 2.45) is 0 Å². The van der Waals surface area contributed by atoms with Gasteiger partial charge in [0.05, 0.1) is 12.4 Å². The summed E-state index contributed by atoms with van der Waals surface area (Å²) in [4.78, 5) is 21.3. The van der Waals surface area contributed by atoms with Gasteiger partial charge < -0.3 is 9.84 Å². The molecule has 1 N–H and O–H groups in total. The first-order chi connectivity index (χ1) is 13.8. The maximum atomic E-state index is 11.3. The molecule has 3 aromatic rings. The first-order valence-corrected chi connectivity index (χ1v) is 13.1. The van der Waals surface area contributed by atoms with Gasteiger partial charge in [-0.1, -0.05) is 37.8 Å². The van der Waals surface area contributed by atoms with Crippen LogP contribution in [0.3, 0.4) is 0 Å². The predicted molar refractivity (Wildman–Crippen MR) is 114 cm³/mol. The molecular weight excluding hydrogens is 386 g/mol. The van der Waals surface area contributed by atoms with Gasteiger partial charge in [0, 0.05) is 32.6 Å². The Morgan fingerprint density at radius 1 is 1.14 bits per heavy atom. The van der Waals surface area contributed by atoms with E-state index in [1.54, 1.807) is 9.58 Å². The summed E-state index contributed by atoms with van der Waals surface area (Å²) >= 11 is 0. The topological polar surface area (TPSA) is 93.4 Å². The number of nitrogens with zero attached hydrogens (tertiary/aromatic N) is 5. The van der Waals surface area contributed by atoms with Gasteiger partial charge in [-0.05, 0) is 18.2 Å². The van der Waals surface area contributed by atoms with Crippen LogP contribution < -0.4 is 4.90 Å². The quantitative estimate of drug-likeness (QED) is 0.417. The molecule has 0 amide bonds. The molecule has 0 fully saturated rings. The number of aromatic carboxylic acids is 1. The lowest BCUT2D eigenvalue weighted by Crippen LogP contribution is -2.22.